The average Bonchev–Trinajstić information content (AvgIpc) is 2.61. The van der Waals surface area contributed by atoms with Gasteiger partial charge in [-0.05, 0) is 43.7 Å². The van der Waals surface area contributed by atoms with Gasteiger partial charge in [0.2, 0.25) is 0 Å². The Morgan fingerprint density at radius 2 is 1.78 bits per heavy atom. The van der Waals surface area contributed by atoms with Gasteiger partial charge in [0.1, 0.15) is 5.75 Å². The van der Waals surface area contributed by atoms with E-state index in [0.717, 1.165) is 11.8 Å². The van der Waals surface area contributed by atoms with E-state index in [4.69, 9.17) is 9.47 Å². The molecular formula is C19H21NO6S. The third kappa shape index (κ3) is 5.07. The van der Waals surface area contributed by atoms with Crippen LogP contribution in [0.4, 0.5) is 5.69 Å². The normalized spacial score (nSPS) is 12.1. The lowest BCUT2D eigenvalue weighted by Gasteiger charge is -2.16. The SMILES string of the molecule is COc1ccc(C)cc1NC(=O)[C@H](C)OC(=O)c1ccccc1S(C)(=O)=O. The molecule has 1 amide bonds. The number of methoxy groups -OCH3 is 1. The van der Waals surface area contributed by atoms with E-state index in [1.807, 2.05) is 13.0 Å². The van der Waals surface area contributed by atoms with Crippen molar-refractivity contribution in [3.05, 3.63) is 53.6 Å². The molecule has 0 aliphatic heterocycles. The number of hydrogen-bond donors (Lipinski definition) is 1. The summed E-state index contributed by atoms with van der Waals surface area (Å²) in [5, 5.41) is 2.64. The number of ether oxygens (including phenoxy) is 2. The van der Waals surface area contributed by atoms with Gasteiger partial charge < -0.3 is 14.8 Å². The summed E-state index contributed by atoms with van der Waals surface area (Å²) in [5.74, 6) is -0.992. The van der Waals surface area contributed by atoms with Gasteiger partial charge in [-0.15, -0.1) is 0 Å². The van der Waals surface area contributed by atoms with Crippen molar-refractivity contribution in [3.8, 4) is 5.75 Å². The van der Waals surface area contributed by atoms with Gasteiger partial charge in [0.25, 0.3) is 5.91 Å². The molecule has 2 aromatic rings. The highest BCUT2D eigenvalue weighted by molar-refractivity contribution is 7.90. The van der Waals surface area contributed by atoms with E-state index in [2.05, 4.69) is 5.32 Å². The maximum atomic E-state index is 12.4. The van der Waals surface area contributed by atoms with Crippen molar-refractivity contribution >= 4 is 27.4 Å². The summed E-state index contributed by atoms with van der Waals surface area (Å²) in [6, 6.07) is 11.0. The molecule has 8 heteroatoms. The Bertz CT molecular complexity index is 968. The zero-order valence-electron chi connectivity index (χ0n) is 15.5. The first-order valence-electron chi connectivity index (χ1n) is 8.09. The van der Waals surface area contributed by atoms with E-state index in [1.165, 1.54) is 38.3 Å². The Morgan fingerprint density at radius 3 is 2.41 bits per heavy atom. The zero-order chi connectivity index (χ0) is 20.2. The number of anilines is 1. The molecule has 0 aliphatic rings. The minimum absolute atomic E-state index is 0.118. The van der Waals surface area contributed by atoms with Gasteiger partial charge in [0.15, 0.2) is 15.9 Å². The third-order valence-electron chi connectivity index (χ3n) is 3.77. The summed E-state index contributed by atoms with van der Waals surface area (Å²) in [5.41, 5.74) is 1.24. The van der Waals surface area contributed by atoms with Crippen LogP contribution in [-0.4, -0.2) is 39.8 Å². The molecule has 0 radical (unpaired) electrons. The van der Waals surface area contributed by atoms with Crippen molar-refractivity contribution in [1.29, 1.82) is 0 Å². The van der Waals surface area contributed by atoms with Gasteiger partial charge in [0.05, 0.1) is 23.3 Å². The maximum absolute atomic E-state index is 12.4. The van der Waals surface area contributed by atoms with Crippen molar-refractivity contribution < 1.29 is 27.5 Å². The number of esters is 1. The Kier molecular flexibility index (Phi) is 6.22. The van der Waals surface area contributed by atoms with Gasteiger partial charge in [-0.25, -0.2) is 13.2 Å². The van der Waals surface area contributed by atoms with E-state index < -0.39 is 27.8 Å². The van der Waals surface area contributed by atoms with Gasteiger partial charge in [-0.2, -0.15) is 0 Å². The summed E-state index contributed by atoms with van der Waals surface area (Å²) in [6.07, 6.45) is -0.144. The highest BCUT2D eigenvalue weighted by atomic mass is 32.2. The molecule has 1 atom stereocenters. The van der Waals surface area contributed by atoms with Crippen LogP contribution >= 0.6 is 0 Å². The minimum Gasteiger partial charge on any atom is -0.495 e. The van der Waals surface area contributed by atoms with Crippen molar-refractivity contribution in [1.82, 2.24) is 0 Å². The molecule has 0 heterocycles. The van der Waals surface area contributed by atoms with Crippen LogP contribution in [0, 0.1) is 6.92 Å². The number of benzene rings is 2. The molecule has 27 heavy (non-hydrogen) atoms. The van der Waals surface area contributed by atoms with Crippen LogP contribution in [-0.2, 0) is 19.4 Å². The van der Waals surface area contributed by atoms with Crippen molar-refractivity contribution in [2.24, 2.45) is 0 Å². The lowest BCUT2D eigenvalue weighted by atomic mass is 10.2. The molecule has 2 rings (SSSR count). The van der Waals surface area contributed by atoms with E-state index in [1.54, 1.807) is 12.1 Å². The van der Waals surface area contributed by atoms with E-state index in [-0.39, 0.29) is 10.5 Å². The van der Waals surface area contributed by atoms with Crippen LogP contribution in [0.25, 0.3) is 0 Å². The monoisotopic (exact) mass is 391 g/mol. The molecule has 0 spiro atoms. The number of amides is 1. The van der Waals surface area contributed by atoms with Crippen LogP contribution < -0.4 is 10.1 Å². The van der Waals surface area contributed by atoms with Gasteiger partial charge in [-0.1, -0.05) is 18.2 Å². The second-order valence-corrected chi connectivity index (χ2v) is 7.99. The Hall–Kier alpha value is -2.87. The second-order valence-electron chi connectivity index (χ2n) is 6.01. The fourth-order valence-corrected chi connectivity index (χ4v) is 3.27. The van der Waals surface area contributed by atoms with Gasteiger partial charge >= 0.3 is 5.97 Å². The summed E-state index contributed by atoms with van der Waals surface area (Å²) in [4.78, 5) is 24.6. The number of rotatable bonds is 6. The topological polar surface area (TPSA) is 98.8 Å². The molecule has 0 aliphatic carbocycles. The summed E-state index contributed by atoms with van der Waals surface area (Å²) in [6.45, 7) is 3.26. The van der Waals surface area contributed by atoms with E-state index in [9.17, 15) is 18.0 Å². The largest absolute Gasteiger partial charge is 0.495 e. The number of hydrogen-bond acceptors (Lipinski definition) is 6. The lowest BCUT2D eigenvalue weighted by molar-refractivity contribution is -0.123. The first kappa shape index (κ1) is 20.4. The first-order chi connectivity index (χ1) is 12.6. The first-order valence-corrected chi connectivity index (χ1v) is 9.98. The number of aryl methyl sites for hydroxylation is 1. The zero-order valence-corrected chi connectivity index (χ0v) is 16.3. The molecule has 144 valence electrons. The third-order valence-corrected chi connectivity index (χ3v) is 4.93. The van der Waals surface area contributed by atoms with E-state index in [0.29, 0.717) is 11.4 Å². The molecular weight excluding hydrogens is 370 g/mol. The fourth-order valence-electron chi connectivity index (χ4n) is 2.39. The Balaban J connectivity index is 2.16. The standard InChI is InChI=1S/C19H21NO6S/c1-12-9-10-16(25-3)15(11-12)20-18(21)13(2)26-19(22)14-7-5-6-8-17(14)27(4,23)24/h5-11,13H,1-4H3,(H,20,21)/t13-/m0/s1. The smallest absolute Gasteiger partial charge is 0.340 e. The van der Waals surface area contributed by atoms with Crippen LogP contribution in [0.15, 0.2) is 47.4 Å². The lowest BCUT2D eigenvalue weighted by Crippen LogP contribution is -2.30. The van der Waals surface area contributed by atoms with Crippen molar-refractivity contribution in [2.75, 3.05) is 18.7 Å². The Labute approximate surface area is 158 Å². The molecule has 1 N–H and O–H groups in total. The van der Waals surface area contributed by atoms with Crippen LogP contribution in [0.3, 0.4) is 0 Å². The number of carbonyl (C=O) groups is 2. The van der Waals surface area contributed by atoms with Crippen LogP contribution in [0.1, 0.15) is 22.8 Å². The van der Waals surface area contributed by atoms with Gasteiger partial charge in [0, 0.05) is 6.26 Å². The van der Waals surface area contributed by atoms with Crippen LogP contribution in [0.2, 0.25) is 0 Å². The summed E-state index contributed by atoms with van der Waals surface area (Å²) in [7, 11) is -2.14. The van der Waals surface area contributed by atoms with E-state index >= 15 is 0 Å². The quantitative estimate of drug-likeness (QED) is 0.760. The number of nitrogens with one attached hydrogen (secondary N) is 1. The molecule has 7 nitrogen and oxygen atoms in total. The van der Waals surface area contributed by atoms with Crippen LogP contribution in [0.5, 0.6) is 5.75 Å². The van der Waals surface area contributed by atoms with Crippen molar-refractivity contribution in [2.45, 2.75) is 24.8 Å². The summed E-state index contributed by atoms with van der Waals surface area (Å²) < 4.78 is 34.0. The molecule has 0 unspecified atom stereocenters. The molecule has 0 saturated carbocycles. The fraction of sp³-hybridized carbons (Fsp3) is 0.263. The minimum atomic E-state index is -3.61. The molecule has 0 saturated heterocycles. The summed E-state index contributed by atoms with van der Waals surface area (Å²) >= 11 is 0. The highest BCUT2D eigenvalue weighted by Gasteiger charge is 2.24. The average molecular weight is 391 g/mol. The second kappa shape index (κ2) is 8.22. The molecule has 2 aromatic carbocycles. The maximum Gasteiger partial charge on any atom is 0.340 e. The highest BCUT2D eigenvalue weighted by Crippen LogP contribution is 2.25. The molecule has 0 fully saturated rings. The Morgan fingerprint density at radius 1 is 1.11 bits per heavy atom. The molecule has 0 aromatic heterocycles. The van der Waals surface area contributed by atoms with Gasteiger partial charge in [-0.3, -0.25) is 4.79 Å². The number of carbonyl (C=O) groups excluding carboxylic acids is 2. The van der Waals surface area contributed by atoms with Crippen molar-refractivity contribution in [3.63, 3.8) is 0 Å². The molecule has 0 bridgehead atoms. The predicted molar refractivity (Wildman–Crippen MR) is 101 cm³/mol. The predicted octanol–water partition coefficient (Wildman–Crippen LogP) is 2.59. The number of sulfone groups is 1.